The number of pyridine rings is 1. The molecule has 0 saturated carbocycles. The number of benzene rings is 3. The van der Waals surface area contributed by atoms with Crippen LogP contribution in [0.4, 0.5) is 40.4 Å². The number of carbonyl (C=O) groups is 3. The summed E-state index contributed by atoms with van der Waals surface area (Å²) >= 11 is 0. The van der Waals surface area contributed by atoms with Crippen LogP contribution >= 0.6 is 0 Å². The van der Waals surface area contributed by atoms with Crippen LogP contribution in [0.15, 0.2) is 71.8 Å². The zero-order valence-corrected chi connectivity index (χ0v) is 31.1. The number of aromatic hydroxyl groups is 1. The molecule has 2 bridgehead atoms. The first-order valence-corrected chi connectivity index (χ1v) is 18.6. The molecule has 2 fully saturated rings. The van der Waals surface area contributed by atoms with Crippen LogP contribution in [-0.2, 0) is 19.8 Å². The molecule has 0 spiro atoms. The van der Waals surface area contributed by atoms with Crippen molar-refractivity contribution in [3.63, 3.8) is 0 Å². The van der Waals surface area contributed by atoms with Gasteiger partial charge in [-0.05, 0) is 60.0 Å². The third-order valence-electron chi connectivity index (χ3n) is 8.76. The normalized spacial score (nSPS) is 16.3. The minimum Gasteiger partial charge on any atom is -0.508 e. The van der Waals surface area contributed by atoms with E-state index in [-0.39, 0.29) is 53.8 Å². The smallest absolute Gasteiger partial charge is 0.490 e. The molecule has 2 aliphatic heterocycles. The molecule has 0 unspecified atom stereocenters. The first-order chi connectivity index (χ1) is 28.0. The van der Waals surface area contributed by atoms with Crippen molar-refractivity contribution >= 4 is 55.6 Å². The number of ether oxygens (including phenoxy) is 1. The Hall–Kier alpha value is -6.43. The Labute approximate surface area is 332 Å². The lowest BCUT2D eigenvalue weighted by atomic mass is 10.0. The van der Waals surface area contributed by atoms with Gasteiger partial charge in [0.2, 0.25) is 0 Å². The first-order valence-electron chi connectivity index (χ1n) is 17.2. The van der Waals surface area contributed by atoms with E-state index in [1.807, 2.05) is 24.3 Å². The highest BCUT2D eigenvalue weighted by Gasteiger charge is 2.39. The largest absolute Gasteiger partial charge is 0.508 e. The molecule has 3 aromatic carbocycles. The zero-order chi connectivity index (χ0) is 44.2. The van der Waals surface area contributed by atoms with Crippen molar-refractivity contribution in [3.05, 3.63) is 78.2 Å². The fourth-order valence-electron chi connectivity index (χ4n) is 6.15. The van der Waals surface area contributed by atoms with E-state index in [2.05, 4.69) is 30.5 Å². The summed E-state index contributed by atoms with van der Waals surface area (Å²) in [6.07, 6.45) is -6.56. The van der Waals surface area contributed by atoms with Gasteiger partial charge in [0.15, 0.2) is 5.82 Å². The van der Waals surface area contributed by atoms with Crippen LogP contribution in [0.1, 0.15) is 23.2 Å². The average molecular weight is 875 g/mol. The maximum absolute atomic E-state index is 16.5. The first kappa shape index (κ1) is 44.7. The minimum absolute atomic E-state index is 0.00949. The molecular formula is C36H30F8N6O9S. The topological polar surface area (TPSA) is 221 Å². The van der Waals surface area contributed by atoms with Crippen molar-refractivity contribution in [1.82, 2.24) is 25.6 Å². The number of phenolic OH excluding ortho intramolecular Hbond substituents is 1. The Morgan fingerprint density at radius 3 is 2.03 bits per heavy atom. The maximum atomic E-state index is 16.5. The van der Waals surface area contributed by atoms with Crippen molar-refractivity contribution in [3.8, 4) is 23.0 Å². The lowest BCUT2D eigenvalue weighted by Crippen LogP contribution is -2.51. The van der Waals surface area contributed by atoms with E-state index in [9.17, 15) is 48.5 Å². The summed E-state index contributed by atoms with van der Waals surface area (Å²) in [5, 5.41) is 32.7. The van der Waals surface area contributed by atoms with Crippen LogP contribution in [0.25, 0.3) is 32.9 Å². The summed E-state index contributed by atoms with van der Waals surface area (Å²) in [5.74, 6) is -6.26. The number of phenols is 1. The quantitative estimate of drug-likeness (QED) is 0.0753. The Kier molecular flexibility index (Phi) is 13.3. The second-order valence-electron chi connectivity index (χ2n) is 12.9. The summed E-state index contributed by atoms with van der Waals surface area (Å²) in [4.78, 5) is 45.4. The van der Waals surface area contributed by atoms with Crippen LogP contribution in [0, 0.1) is 5.82 Å². The van der Waals surface area contributed by atoms with E-state index >= 15 is 4.39 Å². The lowest BCUT2D eigenvalue weighted by molar-refractivity contribution is -0.193. The van der Waals surface area contributed by atoms with Gasteiger partial charge in [-0.25, -0.2) is 14.0 Å². The van der Waals surface area contributed by atoms with E-state index in [0.717, 1.165) is 30.4 Å². The number of nitrogens with one attached hydrogen (secondary N) is 2. The standard InChI is InChI=1S/C32H28F2N6O5S.2C2HF3O2/c33-27-28(25-14-22(41)13-19-3-1-2-4-24(19)25)36-15-26-29(27)38-32(39-30(26)40-16-20-7-8-21(17-40)37-20)45-12-11-35-31(42)18-5-9-23(10-6-18)46(34,43)44;2*3-2(4,5)1(6)7/h1-6,9-10,13-15,20-21,37,41H,7-8,11-12,16-17H2,(H,35,42);2*(H,6,7)/t20-,21+;;. The van der Waals surface area contributed by atoms with Crippen LogP contribution in [0.2, 0.25) is 0 Å². The van der Waals surface area contributed by atoms with Gasteiger partial charge in [-0.1, -0.05) is 24.3 Å². The van der Waals surface area contributed by atoms with Gasteiger partial charge in [0.25, 0.3) is 5.91 Å². The van der Waals surface area contributed by atoms with Crippen LogP contribution in [-0.4, -0.2) is 107 Å². The van der Waals surface area contributed by atoms with Crippen LogP contribution in [0.5, 0.6) is 11.8 Å². The van der Waals surface area contributed by atoms with Crippen molar-refractivity contribution in [2.24, 2.45) is 0 Å². The third-order valence-corrected chi connectivity index (χ3v) is 9.60. The number of rotatable bonds is 8. The van der Waals surface area contributed by atoms with E-state index in [4.69, 9.17) is 24.5 Å². The molecule has 2 aliphatic rings. The number of fused-ring (bicyclic) bond motifs is 4. The number of aliphatic carboxylic acids is 2. The lowest BCUT2D eigenvalue weighted by Gasteiger charge is -2.34. The molecule has 0 aliphatic carbocycles. The Morgan fingerprint density at radius 2 is 1.47 bits per heavy atom. The number of carbonyl (C=O) groups excluding carboxylic acids is 1. The van der Waals surface area contributed by atoms with Crippen LogP contribution < -0.4 is 20.3 Å². The average Bonchev–Trinajstić information content (AvgIpc) is 3.52. The molecule has 7 rings (SSSR count). The summed E-state index contributed by atoms with van der Waals surface area (Å²) in [6, 6.07) is 15.3. The van der Waals surface area contributed by atoms with Crippen molar-refractivity contribution in [2.75, 3.05) is 31.1 Å². The Balaban J connectivity index is 0.000000420. The SMILES string of the molecule is O=C(NCCOc1nc(N2C[C@H]3CC[C@@H](C2)N3)c2cnc(-c3cc(O)cc4ccccc34)c(F)c2n1)c1ccc(S(=O)(=O)F)cc1.O=C(O)C(F)(F)F.O=C(O)C(F)(F)F. The van der Waals surface area contributed by atoms with Crippen molar-refractivity contribution in [2.45, 2.75) is 42.2 Å². The highest BCUT2D eigenvalue weighted by molar-refractivity contribution is 7.86. The summed E-state index contributed by atoms with van der Waals surface area (Å²) in [6.45, 7) is 1.30. The van der Waals surface area contributed by atoms with Gasteiger partial charge in [-0.15, -0.1) is 3.89 Å². The van der Waals surface area contributed by atoms with Gasteiger partial charge in [0.1, 0.15) is 29.4 Å². The van der Waals surface area contributed by atoms with Gasteiger partial charge in [0.05, 0.1) is 16.8 Å². The third kappa shape index (κ3) is 11.0. The number of alkyl halides is 6. The molecule has 15 nitrogen and oxygen atoms in total. The number of carboxylic acid groups (broad SMARTS) is 2. The van der Waals surface area contributed by atoms with E-state index in [0.29, 0.717) is 35.2 Å². The second-order valence-corrected chi connectivity index (χ2v) is 14.3. The monoisotopic (exact) mass is 874 g/mol. The van der Waals surface area contributed by atoms with Gasteiger partial charge in [-0.2, -0.15) is 44.7 Å². The molecule has 5 aromatic rings. The molecule has 2 saturated heterocycles. The van der Waals surface area contributed by atoms with Crippen molar-refractivity contribution in [1.29, 1.82) is 0 Å². The number of halogens is 8. The molecule has 5 N–H and O–H groups in total. The van der Waals surface area contributed by atoms with E-state index in [1.54, 1.807) is 12.3 Å². The molecule has 1 amide bonds. The molecule has 4 heterocycles. The molecular weight excluding hydrogens is 844 g/mol. The van der Waals surface area contributed by atoms with Gasteiger partial charge in [0, 0.05) is 42.5 Å². The van der Waals surface area contributed by atoms with Crippen LogP contribution in [0.3, 0.4) is 0 Å². The summed E-state index contributed by atoms with van der Waals surface area (Å²) in [5.41, 5.74) is 0.578. The maximum Gasteiger partial charge on any atom is 0.490 e. The summed E-state index contributed by atoms with van der Waals surface area (Å²) in [7, 11) is -4.87. The number of hydrogen-bond acceptors (Lipinski definition) is 12. The number of piperazine rings is 1. The van der Waals surface area contributed by atoms with Gasteiger partial charge >= 0.3 is 40.5 Å². The predicted molar refractivity (Wildman–Crippen MR) is 194 cm³/mol. The number of anilines is 1. The molecule has 0 radical (unpaired) electrons. The summed E-state index contributed by atoms with van der Waals surface area (Å²) < 4.78 is 121. The van der Waals surface area contributed by atoms with Gasteiger partial charge < -0.3 is 35.6 Å². The minimum atomic E-state index is -5.08. The Morgan fingerprint density at radius 1 is 0.883 bits per heavy atom. The van der Waals surface area contributed by atoms with Gasteiger partial charge in [-0.3, -0.25) is 9.78 Å². The highest BCUT2D eigenvalue weighted by Crippen LogP contribution is 2.37. The molecule has 320 valence electrons. The predicted octanol–water partition coefficient (Wildman–Crippen LogP) is 5.36. The van der Waals surface area contributed by atoms with E-state index < -0.39 is 51.1 Å². The van der Waals surface area contributed by atoms with E-state index in [1.165, 1.54) is 18.2 Å². The number of aromatic nitrogens is 3. The highest BCUT2D eigenvalue weighted by atomic mass is 32.3. The second kappa shape index (κ2) is 17.8. The number of amides is 1. The zero-order valence-electron chi connectivity index (χ0n) is 30.3. The van der Waals surface area contributed by atoms with Crippen molar-refractivity contribution < 1.29 is 77.5 Å². The Bertz CT molecular complexity index is 2490. The number of hydrogen-bond donors (Lipinski definition) is 5. The fourth-order valence-corrected chi connectivity index (χ4v) is 6.61. The molecule has 2 atom stereocenters. The number of carboxylic acids is 2. The molecule has 2 aromatic heterocycles. The molecule has 60 heavy (non-hydrogen) atoms. The number of nitrogens with zero attached hydrogens (tertiary/aromatic N) is 4. The fraction of sp³-hybridized carbons (Fsp3) is 0.278. The molecule has 24 heteroatoms.